The number of halogens is 6. The van der Waals surface area contributed by atoms with Crippen LogP contribution in [0.5, 0.6) is 5.88 Å². The molecule has 0 bridgehead atoms. The third-order valence-electron chi connectivity index (χ3n) is 4.51. The van der Waals surface area contributed by atoms with E-state index in [0.717, 1.165) is 6.20 Å². The second kappa shape index (κ2) is 10.2. The number of anilines is 3. The first-order chi connectivity index (χ1) is 17.5. The van der Waals surface area contributed by atoms with Gasteiger partial charge in [-0.1, -0.05) is 23.4 Å². The van der Waals surface area contributed by atoms with Gasteiger partial charge in [0.1, 0.15) is 6.54 Å². The average molecular weight is 526 g/mol. The van der Waals surface area contributed by atoms with E-state index >= 15 is 0 Å². The van der Waals surface area contributed by atoms with Gasteiger partial charge in [-0.05, 0) is 18.2 Å². The molecule has 0 fully saturated rings. The van der Waals surface area contributed by atoms with E-state index in [2.05, 4.69) is 40.1 Å². The molecule has 0 saturated heterocycles. The van der Waals surface area contributed by atoms with Crippen molar-refractivity contribution >= 4 is 17.6 Å². The molecule has 4 aromatic rings. The minimum atomic E-state index is -4.53. The quantitative estimate of drug-likeness (QED) is 0.325. The summed E-state index contributed by atoms with van der Waals surface area (Å²) in [7, 11) is 1.61. The summed E-state index contributed by atoms with van der Waals surface area (Å²) < 4.78 is 84.9. The van der Waals surface area contributed by atoms with Crippen molar-refractivity contribution in [2.45, 2.75) is 12.4 Å². The third kappa shape index (κ3) is 7.02. The molecular weight excluding hydrogens is 510 g/mol. The van der Waals surface area contributed by atoms with Crippen LogP contribution in [0.25, 0.3) is 23.1 Å². The maximum Gasteiger partial charge on any atom is 0.422 e. The molecule has 0 atom stereocenters. The summed E-state index contributed by atoms with van der Waals surface area (Å²) in [6, 6.07) is 11.3. The summed E-state index contributed by atoms with van der Waals surface area (Å²) in [6.45, 7) is -2.90. The molecule has 16 heteroatoms. The number of pyridine rings is 1. The topological polar surface area (TPSA) is 115 Å². The Morgan fingerprint density at radius 1 is 0.892 bits per heavy atom. The van der Waals surface area contributed by atoms with Crippen molar-refractivity contribution in [3.05, 3.63) is 48.7 Å². The minimum absolute atomic E-state index is 0.0000532. The molecule has 10 nitrogen and oxygen atoms in total. The van der Waals surface area contributed by atoms with Crippen LogP contribution >= 0.6 is 0 Å². The molecular formula is C21H16F6N8O2. The van der Waals surface area contributed by atoms with Crippen molar-refractivity contribution in [2.75, 3.05) is 30.4 Å². The van der Waals surface area contributed by atoms with Gasteiger partial charge in [-0.25, -0.2) is 4.98 Å². The number of nitrogens with one attached hydrogen (secondary N) is 1. The Balaban J connectivity index is 1.61. The van der Waals surface area contributed by atoms with Gasteiger partial charge in [-0.2, -0.15) is 46.3 Å². The molecule has 0 radical (unpaired) electrons. The fraction of sp³-hybridized carbons (Fsp3) is 0.238. The summed E-state index contributed by atoms with van der Waals surface area (Å²) in [4.78, 5) is 21.7. The molecule has 0 spiro atoms. The number of rotatable bonds is 8. The maximum atomic E-state index is 12.8. The van der Waals surface area contributed by atoms with Gasteiger partial charge in [0.05, 0.1) is 5.56 Å². The lowest BCUT2D eigenvalue weighted by molar-refractivity contribution is -0.154. The van der Waals surface area contributed by atoms with Gasteiger partial charge in [0.15, 0.2) is 6.61 Å². The summed E-state index contributed by atoms with van der Waals surface area (Å²) in [5, 5.41) is 5.87. The van der Waals surface area contributed by atoms with Crippen LogP contribution in [0.2, 0.25) is 0 Å². The second-order valence-corrected chi connectivity index (χ2v) is 7.36. The first-order valence-corrected chi connectivity index (χ1v) is 10.3. The highest BCUT2D eigenvalue weighted by Gasteiger charge is 2.29. The molecule has 0 aliphatic heterocycles. The van der Waals surface area contributed by atoms with Crippen molar-refractivity contribution in [1.29, 1.82) is 0 Å². The van der Waals surface area contributed by atoms with Crippen molar-refractivity contribution in [2.24, 2.45) is 0 Å². The van der Waals surface area contributed by atoms with E-state index in [1.54, 1.807) is 37.4 Å². The number of hydrogen-bond acceptors (Lipinski definition) is 10. The molecule has 1 N–H and O–H groups in total. The Bertz CT molecular complexity index is 1330. The number of alkyl halides is 6. The average Bonchev–Trinajstić information content (AvgIpc) is 3.36. The maximum absolute atomic E-state index is 12.8. The van der Waals surface area contributed by atoms with Crippen molar-refractivity contribution in [3.8, 4) is 29.0 Å². The molecule has 1 aromatic carbocycles. The number of hydrogen-bond donors (Lipinski definition) is 1. The van der Waals surface area contributed by atoms with Crippen LogP contribution in [0.1, 0.15) is 0 Å². The van der Waals surface area contributed by atoms with E-state index < -0.39 is 25.5 Å². The zero-order valence-corrected chi connectivity index (χ0v) is 18.7. The number of aromatic nitrogens is 6. The highest BCUT2D eigenvalue weighted by molar-refractivity contribution is 5.60. The van der Waals surface area contributed by atoms with Gasteiger partial charge in [0.25, 0.3) is 5.89 Å². The Morgan fingerprint density at radius 2 is 1.65 bits per heavy atom. The molecule has 0 saturated carbocycles. The van der Waals surface area contributed by atoms with E-state index in [-0.39, 0.29) is 40.9 Å². The van der Waals surface area contributed by atoms with Crippen LogP contribution in [0.15, 0.2) is 53.2 Å². The van der Waals surface area contributed by atoms with Crippen molar-refractivity contribution in [1.82, 2.24) is 30.1 Å². The van der Waals surface area contributed by atoms with E-state index in [4.69, 9.17) is 4.52 Å². The lowest BCUT2D eigenvalue weighted by Crippen LogP contribution is -2.23. The molecule has 4 rings (SSSR count). The molecule has 0 amide bonds. The van der Waals surface area contributed by atoms with Gasteiger partial charge in [-0.3, -0.25) is 0 Å². The first-order valence-electron chi connectivity index (χ1n) is 10.3. The van der Waals surface area contributed by atoms with Crippen LogP contribution in [0.4, 0.5) is 43.9 Å². The molecule has 37 heavy (non-hydrogen) atoms. The van der Waals surface area contributed by atoms with Gasteiger partial charge in [0.2, 0.25) is 29.4 Å². The van der Waals surface area contributed by atoms with E-state index in [1.165, 1.54) is 17.0 Å². The van der Waals surface area contributed by atoms with Crippen molar-refractivity contribution in [3.63, 3.8) is 0 Å². The van der Waals surface area contributed by atoms with Crippen molar-refractivity contribution < 1.29 is 35.6 Å². The smallest absolute Gasteiger partial charge is 0.422 e. The zero-order chi connectivity index (χ0) is 26.6. The zero-order valence-electron chi connectivity index (χ0n) is 18.7. The number of ether oxygens (including phenoxy) is 1. The Hall–Kier alpha value is -4.50. The largest absolute Gasteiger partial charge is 0.468 e. The fourth-order valence-corrected chi connectivity index (χ4v) is 2.82. The summed E-state index contributed by atoms with van der Waals surface area (Å²) >= 11 is 0. The standard InChI is InChI=1S/C21H16F6N8O2/c1-35(13-5-3-2-4-6-13)19-32-15(31-18(33-19)29-10-20(22,23)24)16-30-17(37-34-16)12-7-8-14(28-9-12)36-11-21(25,26)27/h2-9H,10-11H2,1H3,(H,29,31,32,33). The van der Waals surface area contributed by atoms with Gasteiger partial charge >= 0.3 is 12.4 Å². The summed E-state index contributed by atoms with van der Waals surface area (Å²) in [5.41, 5.74) is 0.887. The van der Waals surface area contributed by atoms with Crippen LogP contribution in [-0.4, -0.2) is 62.6 Å². The normalized spacial score (nSPS) is 11.9. The van der Waals surface area contributed by atoms with E-state index in [1.807, 2.05) is 0 Å². The third-order valence-corrected chi connectivity index (χ3v) is 4.51. The van der Waals surface area contributed by atoms with Gasteiger partial charge in [-0.15, -0.1) is 0 Å². The SMILES string of the molecule is CN(c1ccccc1)c1nc(NCC(F)(F)F)nc(-c2noc(-c3ccc(OCC(F)(F)F)nc3)n2)n1. The number of benzene rings is 1. The first kappa shape index (κ1) is 25.6. The van der Waals surface area contributed by atoms with E-state index in [0.29, 0.717) is 5.69 Å². The molecule has 0 aliphatic carbocycles. The lowest BCUT2D eigenvalue weighted by Gasteiger charge is -2.18. The predicted molar refractivity (Wildman–Crippen MR) is 117 cm³/mol. The van der Waals surface area contributed by atoms with Gasteiger partial charge < -0.3 is 19.5 Å². The lowest BCUT2D eigenvalue weighted by atomic mass is 10.3. The minimum Gasteiger partial charge on any atom is -0.468 e. The highest BCUT2D eigenvalue weighted by Crippen LogP contribution is 2.26. The highest BCUT2D eigenvalue weighted by atomic mass is 19.4. The molecule has 0 unspecified atom stereocenters. The fourth-order valence-electron chi connectivity index (χ4n) is 2.82. The Kier molecular flexibility index (Phi) is 7.08. The molecule has 3 aromatic heterocycles. The van der Waals surface area contributed by atoms with E-state index in [9.17, 15) is 26.3 Å². The molecule has 3 heterocycles. The summed E-state index contributed by atoms with van der Waals surface area (Å²) in [5.74, 6) is -1.10. The van der Waals surface area contributed by atoms with Crippen LogP contribution in [0, 0.1) is 0 Å². The molecule has 0 aliphatic rings. The number of para-hydroxylation sites is 1. The Labute approximate surface area is 204 Å². The predicted octanol–water partition coefficient (Wildman–Crippen LogP) is 4.67. The Morgan fingerprint density at radius 3 is 2.30 bits per heavy atom. The van der Waals surface area contributed by atoms with Crippen LogP contribution < -0.4 is 15.0 Å². The monoisotopic (exact) mass is 526 g/mol. The van der Waals surface area contributed by atoms with Gasteiger partial charge in [0, 0.05) is 25.0 Å². The van der Waals surface area contributed by atoms with Crippen LogP contribution in [-0.2, 0) is 0 Å². The van der Waals surface area contributed by atoms with Crippen LogP contribution in [0.3, 0.4) is 0 Å². The summed E-state index contributed by atoms with van der Waals surface area (Å²) in [6.07, 6.45) is -7.89. The molecule has 194 valence electrons. The second-order valence-electron chi connectivity index (χ2n) is 7.36. The number of nitrogens with zero attached hydrogens (tertiary/aromatic N) is 7.